The quantitative estimate of drug-likeness (QED) is 0.272. The Morgan fingerprint density at radius 1 is 0.892 bits per heavy atom. The summed E-state index contributed by atoms with van der Waals surface area (Å²) in [5.74, 6) is 0.284. The van der Waals surface area contributed by atoms with Crippen LogP contribution in [0, 0.1) is 0 Å². The molecule has 0 aliphatic rings. The monoisotopic (exact) mass is 576 g/mol. The number of hydrogen-bond acceptors (Lipinski definition) is 3. The van der Waals surface area contributed by atoms with Crippen LogP contribution in [-0.2, 0) is 28.3 Å². The van der Waals surface area contributed by atoms with Gasteiger partial charge in [0.15, 0.2) is 0 Å². The maximum absolute atomic E-state index is 13.7. The van der Waals surface area contributed by atoms with Crippen LogP contribution in [0.2, 0.25) is 15.1 Å². The van der Waals surface area contributed by atoms with E-state index >= 15 is 0 Å². The Bertz CT molecular complexity index is 1200. The molecule has 1 N–H and O–H groups in total. The van der Waals surface area contributed by atoms with E-state index in [1.807, 2.05) is 69.3 Å². The SMILES string of the molecule is CC(C)(C)NC(=O)[C@H](Cc1ccccc1)N(Cc1cccc(Cl)c1)C(=O)CSCc1c(Cl)cccc1Cl. The molecule has 37 heavy (non-hydrogen) atoms. The molecule has 0 aliphatic carbocycles. The highest BCUT2D eigenvalue weighted by atomic mass is 35.5. The summed E-state index contributed by atoms with van der Waals surface area (Å²) in [5.41, 5.74) is 2.15. The van der Waals surface area contributed by atoms with E-state index in [4.69, 9.17) is 34.8 Å². The number of thioether (sulfide) groups is 1. The van der Waals surface area contributed by atoms with Crippen molar-refractivity contribution in [3.63, 3.8) is 0 Å². The van der Waals surface area contributed by atoms with Crippen LogP contribution in [0.5, 0.6) is 0 Å². The van der Waals surface area contributed by atoms with Gasteiger partial charge in [-0.25, -0.2) is 0 Å². The molecule has 0 heterocycles. The van der Waals surface area contributed by atoms with Crippen LogP contribution in [0.15, 0.2) is 72.8 Å². The molecule has 0 aromatic heterocycles. The molecule has 0 fully saturated rings. The second-order valence-corrected chi connectivity index (χ2v) is 12.0. The molecule has 2 amide bonds. The standard InChI is InChI=1S/C29H31Cl3N2O2S/c1-29(2,3)33-28(36)26(16-20-9-5-4-6-10-20)34(17-21-11-7-12-22(30)15-21)27(35)19-37-18-23-24(31)13-8-14-25(23)32/h4-15,26H,16-19H2,1-3H3,(H,33,36)/t26-/m0/s1. The average molecular weight is 578 g/mol. The first kappa shape index (κ1) is 29.4. The summed E-state index contributed by atoms with van der Waals surface area (Å²) in [6, 6.07) is 21.7. The third kappa shape index (κ3) is 9.26. The maximum Gasteiger partial charge on any atom is 0.243 e. The van der Waals surface area contributed by atoms with Crippen molar-refractivity contribution in [2.45, 2.75) is 51.1 Å². The molecule has 1 atom stereocenters. The van der Waals surface area contributed by atoms with Gasteiger partial charge in [0.2, 0.25) is 11.8 Å². The molecule has 0 saturated carbocycles. The van der Waals surface area contributed by atoms with Crippen LogP contribution in [-0.4, -0.2) is 34.0 Å². The van der Waals surface area contributed by atoms with Crippen molar-refractivity contribution >= 4 is 58.4 Å². The van der Waals surface area contributed by atoms with Gasteiger partial charge in [-0.2, -0.15) is 0 Å². The molecule has 4 nitrogen and oxygen atoms in total. The van der Waals surface area contributed by atoms with Gasteiger partial charge >= 0.3 is 0 Å². The van der Waals surface area contributed by atoms with Crippen molar-refractivity contribution in [3.05, 3.63) is 105 Å². The van der Waals surface area contributed by atoms with Gasteiger partial charge in [-0.1, -0.05) is 83.3 Å². The Morgan fingerprint density at radius 3 is 2.14 bits per heavy atom. The smallest absolute Gasteiger partial charge is 0.243 e. The number of nitrogens with zero attached hydrogens (tertiary/aromatic N) is 1. The Hall–Kier alpha value is -2.18. The molecular formula is C29H31Cl3N2O2S. The summed E-state index contributed by atoms with van der Waals surface area (Å²) in [7, 11) is 0. The number of amides is 2. The lowest BCUT2D eigenvalue weighted by Crippen LogP contribution is -2.54. The van der Waals surface area contributed by atoms with Crippen LogP contribution < -0.4 is 5.32 Å². The van der Waals surface area contributed by atoms with Crippen LogP contribution in [0.3, 0.4) is 0 Å². The first-order valence-corrected chi connectivity index (χ1v) is 14.2. The third-order valence-electron chi connectivity index (χ3n) is 5.54. The number of hydrogen-bond donors (Lipinski definition) is 1. The van der Waals surface area contributed by atoms with E-state index in [2.05, 4.69) is 5.32 Å². The van der Waals surface area contributed by atoms with E-state index in [0.29, 0.717) is 27.2 Å². The number of carbonyl (C=O) groups is 2. The first-order valence-electron chi connectivity index (χ1n) is 11.9. The summed E-state index contributed by atoms with van der Waals surface area (Å²) in [6.07, 6.45) is 0.385. The molecule has 0 aliphatic heterocycles. The zero-order chi connectivity index (χ0) is 27.0. The van der Waals surface area contributed by atoms with Crippen LogP contribution in [0.4, 0.5) is 0 Å². The third-order valence-corrected chi connectivity index (χ3v) is 7.43. The fourth-order valence-electron chi connectivity index (χ4n) is 3.83. The highest BCUT2D eigenvalue weighted by Crippen LogP contribution is 2.29. The normalized spacial score (nSPS) is 12.2. The van der Waals surface area contributed by atoms with E-state index in [-0.39, 0.29) is 24.1 Å². The number of rotatable bonds is 10. The van der Waals surface area contributed by atoms with Crippen LogP contribution in [0.1, 0.15) is 37.5 Å². The van der Waals surface area contributed by atoms with Gasteiger partial charge in [-0.15, -0.1) is 11.8 Å². The highest BCUT2D eigenvalue weighted by molar-refractivity contribution is 7.99. The summed E-state index contributed by atoms with van der Waals surface area (Å²) in [4.78, 5) is 29.0. The van der Waals surface area contributed by atoms with E-state index in [9.17, 15) is 9.59 Å². The largest absolute Gasteiger partial charge is 0.350 e. The van der Waals surface area contributed by atoms with Crippen molar-refractivity contribution in [1.82, 2.24) is 10.2 Å². The van der Waals surface area contributed by atoms with Gasteiger partial charge in [0.05, 0.1) is 5.75 Å². The second-order valence-electron chi connectivity index (χ2n) is 9.79. The minimum absolute atomic E-state index is 0.154. The van der Waals surface area contributed by atoms with Crippen molar-refractivity contribution < 1.29 is 9.59 Å². The van der Waals surface area contributed by atoms with Crippen LogP contribution >= 0.6 is 46.6 Å². The van der Waals surface area contributed by atoms with Crippen molar-refractivity contribution in [1.29, 1.82) is 0 Å². The van der Waals surface area contributed by atoms with Gasteiger partial charge < -0.3 is 10.2 Å². The molecule has 3 rings (SSSR count). The van der Waals surface area contributed by atoms with Crippen molar-refractivity contribution in [3.8, 4) is 0 Å². The topological polar surface area (TPSA) is 49.4 Å². The second kappa shape index (κ2) is 13.6. The van der Waals surface area contributed by atoms with Gasteiger partial charge in [0.1, 0.15) is 6.04 Å². The van der Waals surface area contributed by atoms with Gasteiger partial charge in [0, 0.05) is 39.3 Å². The van der Waals surface area contributed by atoms with Gasteiger partial charge in [0.25, 0.3) is 0 Å². The molecule has 196 valence electrons. The molecule has 0 radical (unpaired) electrons. The van der Waals surface area contributed by atoms with E-state index in [0.717, 1.165) is 16.7 Å². The Labute approximate surface area is 238 Å². The summed E-state index contributed by atoms with van der Waals surface area (Å²) < 4.78 is 0. The fourth-order valence-corrected chi connectivity index (χ4v) is 5.69. The van der Waals surface area contributed by atoms with Crippen LogP contribution in [0.25, 0.3) is 0 Å². The number of carbonyl (C=O) groups excluding carboxylic acids is 2. The number of benzene rings is 3. The predicted molar refractivity (Wildman–Crippen MR) is 156 cm³/mol. The summed E-state index contributed by atoms with van der Waals surface area (Å²) in [6.45, 7) is 6.03. The maximum atomic E-state index is 13.7. The predicted octanol–water partition coefficient (Wildman–Crippen LogP) is 7.43. The zero-order valence-corrected chi connectivity index (χ0v) is 24.2. The lowest BCUT2D eigenvalue weighted by molar-refractivity contribution is -0.140. The highest BCUT2D eigenvalue weighted by Gasteiger charge is 2.32. The molecule has 3 aromatic carbocycles. The molecule has 0 saturated heterocycles. The molecular weight excluding hydrogens is 547 g/mol. The summed E-state index contributed by atoms with van der Waals surface area (Å²) >= 11 is 20.3. The van der Waals surface area contributed by atoms with Gasteiger partial charge in [-0.05, 0) is 61.7 Å². The minimum atomic E-state index is -0.711. The molecule has 3 aromatic rings. The molecule has 8 heteroatoms. The lowest BCUT2D eigenvalue weighted by Gasteiger charge is -2.34. The molecule has 0 unspecified atom stereocenters. The number of nitrogens with one attached hydrogen (secondary N) is 1. The summed E-state index contributed by atoms with van der Waals surface area (Å²) in [5, 5.41) is 4.77. The molecule has 0 spiro atoms. The van der Waals surface area contributed by atoms with Crippen molar-refractivity contribution in [2.75, 3.05) is 5.75 Å². The van der Waals surface area contributed by atoms with Crippen molar-refractivity contribution in [2.24, 2.45) is 0 Å². The number of halogens is 3. The minimum Gasteiger partial charge on any atom is -0.350 e. The fraction of sp³-hybridized carbons (Fsp3) is 0.310. The Kier molecular flexibility index (Phi) is 10.8. The van der Waals surface area contributed by atoms with E-state index < -0.39 is 11.6 Å². The zero-order valence-electron chi connectivity index (χ0n) is 21.1. The lowest BCUT2D eigenvalue weighted by atomic mass is 10.0. The molecule has 0 bridgehead atoms. The van der Waals surface area contributed by atoms with E-state index in [1.54, 1.807) is 29.2 Å². The van der Waals surface area contributed by atoms with Gasteiger partial charge in [-0.3, -0.25) is 9.59 Å². The average Bonchev–Trinajstić information content (AvgIpc) is 2.82. The van der Waals surface area contributed by atoms with E-state index in [1.165, 1.54) is 11.8 Å². The first-order chi connectivity index (χ1) is 17.5. The Morgan fingerprint density at radius 2 is 1.51 bits per heavy atom. The Balaban J connectivity index is 1.89.